The number of furan rings is 1. The van der Waals surface area contributed by atoms with Crippen LogP contribution in [0, 0.1) is 18.3 Å². The van der Waals surface area contributed by atoms with Crippen molar-refractivity contribution in [1.82, 2.24) is 0 Å². The summed E-state index contributed by atoms with van der Waals surface area (Å²) >= 11 is 0. The number of ketones is 1. The van der Waals surface area contributed by atoms with Crippen molar-refractivity contribution in [3.63, 3.8) is 0 Å². The second-order valence-electron chi connectivity index (χ2n) is 3.83. The van der Waals surface area contributed by atoms with Gasteiger partial charge in [0.1, 0.15) is 17.4 Å². The Morgan fingerprint density at radius 1 is 1.28 bits per heavy atom. The summed E-state index contributed by atoms with van der Waals surface area (Å²) in [6.07, 6.45) is 2.95. The fourth-order valence-corrected chi connectivity index (χ4v) is 1.64. The average molecular weight is 237 g/mol. The van der Waals surface area contributed by atoms with Gasteiger partial charge in [-0.15, -0.1) is 0 Å². The summed E-state index contributed by atoms with van der Waals surface area (Å²) in [5, 5.41) is 9.07. The molecule has 0 spiro atoms. The minimum atomic E-state index is -0.285. The van der Waals surface area contributed by atoms with Crippen molar-refractivity contribution in [2.24, 2.45) is 0 Å². The Labute approximate surface area is 105 Å². The third-order valence-electron chi connectivity index (χ3n) is 2.58. The molecule has 0 amide bonds. The average Bonchev–Trinajstić information content (AvgIpc) is 2.88. The van der Waals surface area contributed by atoms with E-state index < -0.39 is 0 Å². The highest BCUT2D eigenvalue weighted by atomic mass is 16.3. The van der Waals surface area contributed by atoms with Crippen molar-refractivity contribution < 1.29 is 9.21 Å². The highest BCUT2D eigenvalue weighted by Gasteiger charge is 2.14. The number of allylic oxidation sites excluding steroid dienone is 1. The molecule has 3 heteroatoms. The molecule has 0 aliphatic rings. The fourth-order valence-electron chi connectivity index (χ4n) is 1.64. The summed E-state index contributed by atoms with van der Waals surface area (Å²) in [6, 6.07) is 12.5. The van der Waals surface area contributed by atoms with E-state index in [-0.39, 0.29) is 11.4 Å². The lowest BCUT2D eigenvalue weighted by atomic mass is 9.99. The van der Waals surface area contributed by atoms with Gasteiger partial charge < -0.3 is 4.42 Å². The van der Waals surface area contributed by atoms with Crippen LogP contribution in [0.25, 0.3) is 6.08 Å². The lowest BCUT2D eigenvalue weighted by Gasteiger charge is -2.02. The molecule has 0 saturated carbocycles. The van der Waals surface area contributed by atoms with Crippen LogP contribution in [0.5, 0.6) is 0 Å². The zero-order chi connectivity index (χ0) is 13.0. The Kier molecular flexibility index (Phi) is 3.40. The van der Waals surface area contributed by atoms with Gasteiger partial charge in [0.25, 0.3) is 0 Å². The number of hydrogen-bond donors (Lipinski definition) is 0. The number of nitrogens with zero attached hydrogens (tertiary/aromatic N) is 1. The second-order valence-corrected chi connectivity index (χ2v) is 3.83. The van der Waals surface area contributed by atoms with Crippen LogP contribution in [-0.2, 0) is 0 Å². The molecule has 0 saturated heterocycles. The minimum Gasteiger partial charge on any atom is -0.465 e. The van der Waals surface area contributed by atoms with Crippen LogP contribution < -0.4 is 0 Å². The zero-order valence-electron chi connectivity index (χ0n) is 9.88. The van der Waals surface area contributed by atoms with Gasteiger partial charge in [-0.05, 0) is 24.6 Å². The van der Waals surface area contributed by atoms with E-state index in [0.29, 0.717) is 11.3 Å². The molecule has 1 aromatic carbocycles. The molecule has 0 fully saturated rings. The number of Topliss-reactive ketones (excluding diaryl/α,β-unsaturated/α-hetero) is 1. The summed E-state index contributed by atoms with van der Waals surface area (Å²) in [7, 11) is 0. The maximum absolute atomic E-state index is 12.2. The summed E-state index contributed by atoms with van der Waals surface area (Å²) in [6.45, 7) is 1.84. The van der Waals surface area contributed by atoms with Gasteiger partial charge in [0, 0.05) is 11.6 Å². The van der Waals surface area contributed by atoms with Crippen molar-refractivity contribution in [2.45, 2.75) is 6.92 Å². The molecule has 2 rings (SSSR count). The molecule has 0 N–H and O–H groups in total. The second kappa shape index (κ2) is 5.15. The highest BCUT2D eigenvalue weighted by Crippen LogP contribution is 2.15. The first-order chi connectivity index (χ1) is 8.72. The predicted molar refractivity (Wildman–Crippen MR) is 67.8 cm³/mol. The van der Waals surface area contributed by atoms with Crippen LogP contribution in [0.1, 0.15) is 21.7 Å². The van der Waals surface area contributed by atoms with Gasteiger partial charge in [-0.1, -0.05) is 24.3 Å². The van der Waals surface area contributed by atoms with Crippen LogP contribution >= 0.6 is 0 Å². The van der Waals surface area contributed by atoms with Crippen molar-refractivity contribution in [2.75, 3.05) is 0 Å². The fraction of sp³-hybridized carbons (Fsp3) is 0.0667. The number of aryl methyl sites for hydroxylation is 1. The number of benzene rings is 1. The monoisotopic (exact) mass is 237 g/mol. The number of nitriles is 1. The van der Waals surface area contributed by atoms with Crippen molar-refractivity contribution in [3.05, 3.63) is 65.1 Å². The molecule has 0 radical (unpaired) electrons. The first-order valence-electron chi connectivity index (χ1n) is 5.48. The van der Waals surface area contributed by atoms with E-state index in [0.717, 1.165) is 5.56 Å². The summed E-state index contributed by atoms with van der Waals surface area (Å²) in [5.74, 6) is 0.209. The normalized spacial score (nSPS) is 11.0. The van der Waals surface area contributed by atoms with Gasteiger partial charge in [-0.3, -0.25) is 4.79 Å². The Morgan fingerprint density at radius 2 is 2.06 bits per heavy atom. The quantitative estimate of drug-likeness (QED) is 0.467. The molecule has 0 aliphatic carbocycles. The van der Waals surface area contributed by atoms with E-state index in [1.807, 2.05) is 25.1 Å². The molecule has 0 aliphatic heterocycles. The molecule has 0 bridgehead atoms. The van der Waals surface area contributed by atoms with E-state index in [9.17, 15) is 4.79 Å². The van der Waals surface area contributed by atoms with Gasteiger partial charge >= 0.3 is 0 Å². The molecule has 88 valence electrons. The first kappa shape index (κ1) is 11.9. The van der Waals surface area contributed by atoms with Crippen LogP contribution in [0.4, 0.5) is 0 Å². The van der Waals surface area contributed by atoms with Crippen molar-refractivity contribution in [1.29, 1.82) is 5.26 Å². The molecule has 0 unspecified atom stereocenters. The summed E-state index contributed by atoms with van der Waals surface area (Å²) < 4.78 is 5.10. The maximum Gasteiger partial charge on any atom is 0.203 e. The van der Waals surface area contributed by atoms with Crippen LogP contribution in [0.15, 0.2) is 52.7 Å². The standard InChI is InChI=1S/C15H11NO2/c1-11-5-2-3-7-14(11)15(17)12(10-16)9-13-6-4-8-18-13/h2-9H,1H3/b12-9+. The SMILES string of the molecule is Cc1ccccc1C(=O)/C(C#N)=C/c1ccco1. The lowest BCUT2D eigenvalue weighted by molar-refractivity contribution is 0.103. The third kappa shape index (κ3) is 2.38. The topological polar surface area (TPSA) is 54.0 Å². The smallest absolute Gasteiger partial charge is 0.203 e. The van der Waals surface area contributed by atoms with E-state index in [1.165, 1.54) is 12.3 Å². The number of hydrogen-bond acceptors (Lipinski definition) is 3. The van der Waals surface area contributed by atoms with Gasteiger partial charge in [-0.2, -0.15) is 5.26 Å². The number of carbonyl (C=O) groups is 1. The maximum atomic E-state index is 12.2. The van der Waals surface area contributed by atoms with Gasteiger partial charge in [-0.25, -0.2) is 0 Å². The Balaban J connectivity index is 2.39. The lowest BCUT2D eigenvalue weighted by Crippen LogP contribution is -2.03. The number of rotatable bonds is 3. The third-order valence-corrected chi connectivity index (χ3v) is 2.58. The Morgan fingerprint density at radius 3 is 2.67 bits per heavy atom. The minimum absolute atomic E-state index is 0.0688. The van der Waals surface area contributed by atoms with Gasteiger partial charge in [0.2, 0.25) is 5.78 Å². The van der Waals surface area contributed by atoms with Crippen LogP contribution in [0.3, 0.4) is 0 Å². The molecule has 18 heavy (non-hydrogen) atoms. The van der Waals surface area contributed by atoms with Crippen molar-refractivity contribution >= 4 is 11.9 Å². The predicted octanol–water partition coefficient (Wildman–Crippen LogP) is 3.38. The Bertz CT molecular complexity index is 631. The van der Waals surface area contributed by atoms with Gasteiger partial charge in [0.05, 0.1) is 6.26 Å². The van der Waals surface area contributed by atoms with E-state index >= 15 is 0 Å². The molecule has 1 heterocycles. The summed E-state index contributed by atoms with van der Waals surface area (Å²) in [5.41, 5.74) is 1.46. The number of carbonyl (C=O) groups excluding carboxylic acids is 1. The van der Waals surface area contributed by atoms with Crippen LogP contribution in [-0.4, -0.2) is 5.78 Å². The van der Waals surface area contributed by atoms with E-state index in [4.69, 9.17) is 9.68 Å². The van der Waals surface area contributed by atoms with Crippen molar-refractivity contribution in [3.8, 4) is 6.07 Å². The van der Waals surface area contributed by atoms with Crippen LogP contribution in [0.2, 0.25) is 0 Å². The molecule has 2 aromatic rings. The van der Waals surface area contributed by atoms with Gasteiger partial charge in [0.15, 0.2) is 0 Å². The molecule has 0 atom stereocenters. The highest BCUT2D eigenvalue weighted by molar-refractivity contribution is 6.14. The zero-order valence-corrected chi connectivity index (χ0v) is 9.88. The molecule has 3 nitrogen and oxygen atoms in total. The molecular weight excluding hydrogens is 226 g/mol. The van der Waals surface area contributed by atoms with E-state index in [1.54, 1.807) is 24.3 Å². The molecular formula is C15H11NO2. The van der Waals surface area contributed by atoms with E-state index in [2.05, 4.69) is 0 Å². The Hall–Kier alpha value is -2.60. The first-order valence-corrected chi connectivity index (χ1v) is 5.48. The summed E-state index contributed by atoms with van der Waals surface area (Å²) in [4.78, 5) is 12.2. The largest absolute Gasteiger partial charge is 0.465 e. The molecule has 1 aromatic heterocycles.